The summed E-state index contributed by atoms with van der Waals surface area (Å²) < 4.78 is 0. The first-order valence-corrected chi connectivity index (χ1v) is 5.95. The molecule has 0 unspecified atom stereocenters. The number of nitrogens with zero attached hydrogens (tertiary/aromatic N) is 1. The van der Waals surface area contributed by atoms with E-state index in [0.717, 1.165) is 22.2 Å². The monoisotopic (exact) mass is 234 g/mol. The summed E-state index contributed by atoms with van der Waals surface area (Å²) in [6.07, 6.45) is 1.81. The quantitative estimate of drug-likeness (QED) is 0.650. The van der Waals surface area contributed by atoms with Crippen molar-refractivity contribution in [3.05, 3.63) is 60.3 Å². The largest absolute Gasteiger partial charge is 0.399 e. The van der Waals surface area contributed by atoms with E-state index in [1.807, 2.05) is 25.3 Å². The summed E-state index contributed by atoms with van der Waals surface area (Å²) >= 11 is 0. The molecule has 2 heteroatoms. The highest BCUT2D eigenvalue weighted by atomic mass is 14.6. The lowest BCUT2D eigenvalue weighted by atomic mass is 10.0. The van der Waals surface area contributed by atoms with Crippen LogP contribution in [-0.2, 0) is 0 Å². The molecule has 0 bridgehead atoms. The van der Waals surface area contributed by atoms with Gasteiger partial charge in [-0.3, -0.25) is 4.98 Å². The predicted octanol–water partition coefficient (Wildman–Crippen LogP) is 3.79. The van der Waals surface area contributed by atoms with Gasteiger partial charge in [-0.2, -0.15) is 0 Å². The van der Waals surface area contributed by atoms with Crippen LogP contribution in [0.3, 0.4) is 0 Å². The Labute approximate surface area is 106 Å². The number of fused-ring (bicyclic) bond motifs is 1. The molecule has 3 rings (SSSR count). The highest BCUT2D eigenvalue weighted by Gasteiger charge is 2.02. The molecule has 88 valence electrons. The highest BCUT2D eigenvalue weighted by Crippen LogP contribution is 2.26. The number of nitrogen functional groups attached to an aromatic ring is 1. The number of pyridine rings is 1. The molecule has 0 saturated heterocycles. The van der Waals surface area contributed by atoms with Crippen molar-refractivity contribution in [3.63, 3.8) is 0 Å². The first-order valence-electron chi connectivity index (χ1n) is 5.95. The molecule has 0 saturated carbocycles. The Morgan fingerprint density at radius 3 is 2.56 bits per heavy atom. The van der Waals surface area contributed by atoms with Crippen LogP contribution < -0.4 is 5.73 Å². The van der Waals surface area contributed by atoms with Gasteiger partial charge in [0.1, 0.15) is 0 Å². The van der Waals surface area contributed by atoms with Gasteiger partial charge in [-0.1, -0.05) is 18.2 Å². The van der Waals surface area contributed by atoms with Gasteiger partial charge < -0.3 is 5.73 Å². The molecule has 3 aromatic rings. The number of benzene rings is 2. The van der Waals surface area contributed by atoms with Crippen LogP contribution in [-0.4, -0.2) is 4.98 Å². The SMILES string of the molecule is Cc1cc(-c2ccc3ncccc3c2)ccc1N. The zero-order chi connectivity index (χ0) is 12.5. The fourth-order valence-electron chi connectivity index (χ4n) is 2.11. The van der Waals surface area contributed by atoms with Crippen molar-refractivity contribution >= 4 is 16.6 Å². The minimum atomic E-state index is 0.834. The number of aryl methyl sites for hydroxylation is 1. The van der Waals surface area contributed by atoms with Crippen molar-refractivity contribution in [1.29, 1.82) is 0 Å². The third kappa shape index (κ3) is 1.82. The lowest BCUT2D eigenvalue weighted by Crippen LogP contribution is -1.89. The number of aromatic nitrogens is 1. The summed E-state index contributed by atoms with van der Waals surface area (Å²) in [5.41, 5.74) is 11.2. The number of nitrogens with two attached hydrogens (primary N) is 1. The van der Waals surface area contributed by atoms with E-state index in [0.29, 0.717) is 0 Å². The van der Waals surface area contributed by atoms with Crippen molar-refractivity contribution in [1.82, 2.24) is 4.98 Å². The number of anilines is 1. The van der Waals surface area contributed by atoms with E-state index in [9.17, 15) is 0 Å². The van der Waals surface area contributed by atoms with Crippen LogP contribution in [0.15, 0.2) is 54.7 Å². The highest BCUT2D eigenvalue weighted by molar-refractivity contribution is 5.84. The molecule has 0 amide bonds. The molecular formula is C16H14N2. The Morgan fingerprint density at radius 1 is 0.944 bits per heavy atom. The summed E-state index contributed by atoms with van der Waals surface area (Å²) in [5.74, 6) is 0. The van der Waals surface area contributed by atoms with Crippen LogP contribution in [0.2, 0.25) is 0 Å². The summed E-state index contributed by atoms with van der Waals surface area (Å²) in [6.45, 7) is 2.03. The van der Waals surface area contributed by atoms with Crippen LogP contribution in [0.25, 0.3) is 22.0 Å². The Hall–Kier alpha value is -2.35. The Bertz CT molecular complexity index is 717. The molecule has 0 fully saturated rings. The van der Waals surface area contributed by atoms with E-state index < -0.39 is 0 Å². The molecule has 0 aliphatic rings. The molecular weight excluding hydrogens is 220 g/mol. The summed E-state index contributed by atoms with van der Waals surface area (Å²) in [6, 6.07) is 16.5. The van der Waals surface area contributed by atoms with Gasteiger partial charge in [0.2, 0.25) is 0 Å². The first-order chi connectivity index (χ1) is 8.74. The summed E-state index contributed by atoms with van der Waals surface area (Å²) in [7, 11) is 0. The molecule has 0 radical (unpaired) electrons. The Kier molecular flexibility index (Phi) is 2.49. The van der Waals surface area contributed by atoms with Crippen LogP contribution in [0, 0.1) is 6.92 Å². The fourth-order valence-corrected chi connectivity index (χ4v) is 2.11. The van der Waals surface area contributed by atoms with Gasteiger partial charge in [0, 0.05) is 17.3 Å². The second-order valence-corrected chi connectivity index (χ2v) is 4.48. The van der Waals surface area contributed by atoms with Crippen molar-refractivity contribution < 1.29 is 0 Å². The molecule has 2 nitrogen and oxygen atoms in total. The first kappa shape index (κ1) is 10.8. The molecule has 18 heavy (non-hydrogen) atoms. The van der Waals surface area contributed by atoms with Gasteiger partial charge in [-0.25, -0.2) is 0 Å². The van der Waals surface area contributed by atoms with Gasteiger partial charge in [-0.15, -0.1) is 0 Å². The fraction of sp³-hybridized carbons (Fsp3) is 0.0625. The maximum atomic E-state index is 5.85. The average Bonchev–Trinajstić information content (AvgIpc) is 2.41. The summed E-state index contributed by atoms with van der Waals surface area (Å²) in [5, 5.41) is 1.16. The van der Waals surface area contributed by atoms with E-state index in [2.05, 4.69) is 41.4 Å². The van der Waals surface area contributed by atoms with Gasteiger partial charge >= 0.3 is 0 Å². The normalized spacial score (nSPS) is 10.7. The zero-order valence-corrected chi connectivity index (χ0v) is 10.2. The number of hydrogen-bond donors (Lipinski definition) is 1. The van der Waals surface area contributed by atoms with Crippen LogP contribution in [0.5, 0.6) is 0 Å². The third-order valence-corrected chi connectivity index (χ3v) is 3.21. The maximum Gasteiger partial charge on any atom is 0.0702 e. The smallest absolute Gasteiger partial charge is 0.0702 e. The number of rotatable bonds is 1. The zero-order valence-electron chi connectivity index (χ0n) is 10.2. The van der Waals surface area contributed by atoms with E-state index >= 15 is 0 Å². The second kappa shape index (κ2) is 4.15. The molecule has 1 heterocycles. The van der Waals surface area contributed by atoms with Crippen molar-refractivity contribution in [2.45, 2.75) is 6.92 Å². The van der Waals surface area contributed by atoms with Gasteiger partial charge in [0.05, 0.1) is 5.52 Å². The van der Waals surface area contributed by atoms with Crippen molar-refractivity contribution in [2.24, 2.45) is 0 Å². The van der Waals surface area contributed by atoms with Crippen molar-refractivity contribution in [3.8, 4) is 11.1 Å². The lowest BCUT2D eigenvalue weighted by Gasteiger charge is -2.06. The van der Waals surface area contributed by atoms with Gasteiger partial charge in [-0.05, 0) is 53.9 Å². The van der Waals surface area contributed by atoms with Gasteiger partial charge in [0.15, 0.2) is 0 Å². The molecule has 0 aliphatic carbocycles. The molecule has 1 aromatic heterocycles. The van der Waals surface area contributed by atoms with E-state index in [1.165, 1.54) is 11.1 Å². The van der Waals surface area contributed by atoms with E-state index in [4.69, 9.17) is 5.73 Å². The molecule has 2 aromatic carbocycles. The van der Waals surface area contributed by atoms with Gasteiger partial charge in [0.25, 0.3) is 0 Å². The summed E-state index contributed by atoms with van der Waals surface area (Å²) in [4.78, 5) is 4.33. The van der Waals surface area contributed by atoms with Crippen molar-refractivity contribution in [2.75, 3.05) is 5.73 Å². The van der Waals surface area contributed by atoms with E-state index in [1.54, 1.807) is 0 Å². The minimum Gasteiger partial charge on any atom is -0.399 e. The van der Waals surface area contributed by atoms with Crippen LogP contribution in [0.4, 0.5) is 5.69 Å². The van der Waals surface area contributed by atoms with Crippen LogP contribution >= 0.6 is 0 Å². The Balaban J connectivity index is 2.16. The molecule has 2 N–H and O–H groups in total. The topological polar surface area (TPSA) is 38.9 Å². The second-order valence-electron chi connectivity index (χ2n) is 4.48. The maximum absolute atomic E-state index is 5.85. The standard InChI is InChI=1S/C16H14N2/c1-11-9-12(4-6-15(11)17)13-5-7-16-14(10-13)3-2-8-18-16/h2-10H,17H2,1H3. The molecule has 0 aliphatic heterocycles. The lowest BCUT2D eigenvalue weighted by molar-refractivity contribution is 1.41. The van der Waals surface area contributed by atoms with E-state index in [-0.39, 0.29) is 0 Å². The molecule has 0 atom stereocenters. The predicted molar refractivity (Wildman–Crippen MR) is 76.3 cm³/mol. The Morgan fingerprint density at radius 2 is 1.72 bits per heavy atom. The minimum absolute atomic E-state index is 0.834. The number of hydrogen-bond acceptors (Lipinski definition) is 2. The third-order valence-electron chi connectivity index (χ3n) is 3.21. The average molecular weight is 234 g/mol. The molecule has 0 spiro atoms. The van der Waals surface area contributed by atoms with Crippen LogP contribution in [0.1, 0.15) is 5.56 Å².